The van der Waals surface area contributed by atoms with E-state index in [0.29, 0.717) is 12.8 Å². The Labute approximate surface area is 99.6 Å². The number of carboxylic acid groups (broad SMARTS) is 1. The first kappa shape index (κ1) is 11.6. The summed E-state index contributed by atoms with van der Waals surface area (Å²) in [7, 11) is 0. The summed E-state index contributed by atoms with van der Waals surface area (Å²) >= 11 is 0. The average Bonchev–Trinajstić information content (AvgIpc) is 2.29. The number of aliphatic carboxylic acids is 1. The summed E-state index contributed by atoms with van der Waals surface area (Å²) in [5.74, 6) is -1.46. The van der Waals surface area contributed by atoms with Crippen molar-refractivity contribution in [3.8, 4) is 0 Å². The quantitative estimate of drug-likeness (QED) is 0.816. The molecule has 1 heterocycles. The number of hydrogen-bond donors (Lipinski definition) is 2. The van der Waals surface area contributed by atoms with Gasteiger partial charge in [0.05, 0.1) is 12.0 Å². The number of benzene rings is 1. The van der Waals surface area contributed by atoms with Gasteiger partial charge in [-0.15, -0.1) is 0 Å². The summed E-state index contributed by atoms with van der Waals surface area (Å²) in [6.07, 6.45) is 0.693. The minimum Gasteiger partial charge on any atom is -0.481 e. The van der Waals surface area contributed by atoms with Crippen molar-refractivity contribution in [2.75, 3.05) is 0 Å². The molecule has 0 unspecified atom stereocenters. The van der Waals surface area contributed by atoms with Crippen molar-refractivity contribution < 1.29 is 14.7 Å². The number of carboxylic acids is 1. The van der Waals surface area contributed by atoms with Crippen LogP contribution in [0.4, 0.5) is 0 Å². The van der Waals surface area contributed by atoms with Crippen LogP contribution in [0.5, 0.6) is 0 Å². The Morgan fingerprint density at radius 3 is 2.59 bits per heavy atom. The van der Waals surface area contributed by atoms with Gasteiger partial charge in [-0.2, -0.15) is 0 Å². The van der Waals surface area contributed by atoms with Crippen molar-refractivity contribution in [3.63, 3.8) is 0 Å². The van der Waals surface area contributed by atoms with Crippen molar-refractivity contribution in [2.45, 2.75) is 25.8 Å². The number of piperidine rings is 1. The van der Waals surface area contributed by atoms with E-state index in [9.17, 15) is 9.59 Å². The predicted octanol–water partition coefficient (Wildman–Crippen LogP) is 1.65. The number of carbonyl (C=O) groups excluding carboxylic acids is 1. The van der Waals surface area contributed by atoms with Crippen LogP contribution in [0.1, 0.15) is 30.0 Å². The second-order valence-electron chi connectivity index (χ2n) is 4.44. The van der Waals surface area contributed by atoms with Crippen molar-refractivity contribution in [1.29, 1.82) is 0 Å². The molecule has 0 aromatic heterocycles. The molecule has 4 nitrogen and oxygen atoms in total. The molecule has 0 saturated carbocycles. The van der Waals surface area contributed by atoms with E-state index in [0.717, 1.165) is 11.1 Å². The van der Waals surface area contributed by atoms with E-state index >= 15 is 0 Å². The maximum Gasteiger partial charge on any atom is 0.308 e. The first-order valence-corrected chi connectivity index (χ1v) is 5.66. The van der Waals surface area contributed by atoms with Gasteiger partial charge in [0.1, 0.15) is 0 Å². The zero-order valence-corrected chi connectivity index (χ0v) is 9.64. The molecule has 1 aliphatic rings. The van der Waals surface area contributed by atoms with Crippen LogP contribution in [0.3, 0.4) is 0 Å². The number of hydrogen-bond acceptors (Lipinski definition) is 2. The molecule has 0 bridgehead atoms. The highest BCUT2D eigenvalue weighted by Gasteiger charge is 2.34. The summed E-state index contributed by atoms with van der Waals surface area (Å²) in [6.45, 7) is 1.97. The molecule has 1 aliphatic heterocycles. The lowest BCUT2D eigenvalue weighted by Gasteiger charge is -2.29. The van der Waals surface area contributed by atoms with Gasteiger partial charge in [-0.3, -0.25) is 9.59 Å². The molecule has 1 aromatic carbocycles. The minimum absolute atomic E-state index is 0.0759. The lowest BCUT2D eigenvalue weighted by molar-refractivity contribution is -0.145. The fourth-order valence-electron chi connectivity index (χ4n) is 2.15. The van der Waals surface area contributed by atoms with Crippen molar-refractivity contribution in [3.05, 3.63) is 35.4 Å². The molecular formula is C13H15NO3. The first-order valence-electron chi connectivity index (χ1n) is 5.66. The van der Waals surface area contributed by atoms with Crippen LogP contribution < -0.4 is 5.32 Å². The molecular weight excluding hydrogens is 218 g/mol. The third-order valence-electron chi connectivity index (χ3n) is 3.15. The Morgan fingerprint density at radius 2 is 2.00 bits per heavy atom. The molecule has 0 spiro atoms. The molecule has 2 atom stereocenters. The van der Waals surface area contributed by atoms with Gasteiger partial charge in [0.15, 0.2) is 0 Å². The van der Waals surface area contributed by atoms with E-state index < -0.39 is 17.9 Å². The molecule has 1 saturated heterocycles. The molecule has 17 heavy (non-hydrogen) atoms. The number of rotatable bonds is 2. The fourth-order valence-corrected chi connectivity index (χ4v) is 2.15. The van der Waals surface area contributed by atoms with Crippen LogP contribution in [0.15, 0.2) is 24.3 Å². The third-order valence-corrected chi connectivity index (χ3v) is 3.15. The summed E-state index contributed by atoms with van der Waals surface area (Å²) in [5, 5.41) is 11.9. The molecule has 1 aromatic rings. The van der Waals surface area contributed by atoms with Crippen LogP contribution in [0.25, 0.3) is 0 Å². The van der Waals surface area contributed by atoms with Crippen LogP contribution in [0, 0.1) is 12.8 Å². The van der Waals surface area contributed by atoms with E-state index in [1.165, 1.54) is 0 Å². The van der Waals surface area contributed by atoms with Crippen molar-refractivity contribution in [1.82, 2.24) is 5.32 Å². The van der Waals surface area contributed by atoms with Gasteiger partial charge >= 0.3 is 5.97 Å². The zero-order chi connectivity index (χ0) is 12.4. The smallest absolute Gasteiger partial charge is 0.308 e. The van der Waals surface area contributed by atoms with Gasteiger partial charge in [0, 0.05) is 6.42 Å². The van der Waals surface area contributed by atoms with Crippen LogP contribution >= 0.6 is 0 Å². The number of nitrogens with one attached hydrogen (secondary N) is 1. The molecule has 4 heteroatoms. The molecule has 0 aliphatic carbocycles. The normalized spacial score (nSPS) is 24.2. The molecule has 1 amide bonds. The lowest BCUT2D eigenvalue weighted by Crippen LogP contribution is -2.41. The molecule has 2 N–H and O–H groups in total. The van der Waals surface area contributed by atoms with Gasteiger partial charge in [0.25, 0.3) is 0 Å². The number of aryl methyl sites for hydroxylation is 1. The van der Waals surface area contributed by atoms with E-state index in [1.54, 1.807) is 0 Å². The SMILES string of the molecule is Cc1ccc([C@H]2NC(=O)CC[C@@H]2C(=O)O)cc1. The van der Waals surface area contributed by atoms with Crippen LogP contribution in [-0.2, 0) is 9.59 Å². The van der Waals surface area contributed by atoms with E-state index in [4.69, 9.17) is 5.11 Å². The Bertz CT molecular complexity index is 438. The molecule has 2 rings (SSSR count). The van der Waals surface area contributed by atoms with Gasteiger partial charge in [-0.25, -0.2) is 0 Å². The standard InChI is InChI=1S/C13H15NO3/c1-8-2-4-9(5-3-8)12-10(13(16)17)6-7-11(15)14-12/h2-5,10,12H,6-7H2,1H3,(H,14,15)(H,16,17)/t10-,12+/m0/s1. The number of amides is 1. The second-order valence-corrected chi connectivity index (χ2v) is 4.44. The van der Waals surface area contributed by atoms with Gasteiger partial charge in [-0.05, 0) is 18.9 Å². The highest BCUT2D eigenvalue weighted by atomic mass is 16.4. The zero-order valence-electron chi connectivity index (χ0n) is 9.64. The third kappa shape index (κ3) is 2.46. The largest absolute Gasteiger partial charge is 0.481 e. The molecule has 0 radical (unpaired) electrons. The average molecular weight is 233 g/mol. The topological polar surface area (TPSA) is 66.4 Å². The van der Waals surface area contributed by atoms with Gasteiger partial charge in [0.2, 0.25) is 5.91 Å². The van der Waals surface area contributed by atoms with Gasteiger partial charge < -0.3 is 10.4 Å². The van der Waals surface area contributed by atoms with Crippen molar-refractivity contribution in [2.24, 2.45) is 5.92 Å². The summed E-state index contributed by atoms with van der Waals surface area (Å²) in [4.78, 5) is 22.5. The first-order chi connectivity index (χ1) is 8.08. The predicted molar refractivity (Wildman–Crippen MR) is 62.4 cm³/mol. The minimum atomic E-state index is -0.851. The summed E-state index contributed by atoms with van der Waals surface area (Å²) in [6, 6.07) is 7.20. The van der Waals surface area contributed by atoms with Crippen LogP contribution in [-0.4, -0.2) is 17.0 Å². The fraction of sp³-hybridized carbons (Fsp3) is 0.385. The highest BCUT2D eigenvalue weighted by Crippen LogP contribution is 2.30. The Morgan fingerprint density at radius 1 is 1.35 bits per heavy atom. The molecule has 90 valence electrons. The van der Waals surface area contributed by atoms with Gasteiger partial charge in [-0.1, -0.05) is 29.8 Å². The maximum atomic E-state index is 11.4. The highest BCUT2D eigenvalue weighted by molar-refractivity contribution is 5.81. The lowest BCUT2D eigenvalue weighted by atomic mass is 9.86. The Hall–Kier alpha value is -1.84. The number of carbonyl (C=O) groups is 2. The second kappa shape index (κ2) is 4.57. The van der Waals surface area contributed by atoms with E-state index in [2.05, 4.69) is 5.32 Å². The maximum absolute atomic E-state index is 11.4. The molecule has 1 fully saturated rings. The van der Waals surface area contributed by atoms with E-state index in [1.807, 2.05) is 31.2 Å². The van der Waals surface area contributed by atoms with E-state index in [-0.39, 0.29) is 5.91 Å². The summed E-state index contributed by atoms with van der Waals surface area (Å²) in [5.41, 5.74) is 1.97. The Balaban J connectivity index is 2.28. The summed E-state index contributed by atoms with van der Waals surface area (Å²) < 4.78 is 0. The monoisotopic (exact) mass is 233 g/mol. The Kier molecular flexibility index (Phi) is 3.13. The van der Waals surface area contributed by atoms with Crippen LogP contribution in [0.2, 0.25) is 0 Å². The van der Waals surface area contributed by atoms with Crippen molar-refractivity contribution >= 4 is 11.9 Å².